The number of furan rings is 1. The van der Waals surface area contributed by atoms with Crippen LogP contribution in [0.5, 0.6) is 0 Å². The van der Waals surface area contributed by atoms with Crippen LogP contribution in [0.25, 0.3) is 0 Å². The lowest BCUT2D eigenvalue weighted by atomic mass is 9.94. The molecule has 154 valence electrons. The van der Waals surface area contributed by atoms with E-state index in [1.54, 1.807) is 6.26 Å². The lowest BCUT2D eigenvalue weighted by molar-refractivity contribution is -0.140. The molecule has 1 aliphatic carbocycles. The molecular formula is C24H30N2O3. The van der Waals surface area contributed by atoms with Gasteiger partial charge in [0.2, 0.25) is 5.91 Å². The summed E-state index contributed by atoms with van der Waals surface area (Å²) in [5.74, 6) is 0.901. The molecule has 1 atom stereocenters. The monoisotopic (exact) mass is 394 g/mol. The average Bonchev–Trinajstić information content (AvgIpc) is 3.46. The zero-order chi connectivity index (χ0) is 20.2. The van der Waals surface area contributed by atoms with Crippen molar-refractivity contribution in [3.8, 4) is 0 Å². The van der Waals surface area contributed by atoms with Crippen LogP contribution in [0.2, 0.25) is 0 Å². The molecule has 1 aliphatic heterocycles. The highest BCUT2D eigenvalue weighted by Gasteiger charge is 2.35. The standard InChI is InChI=1S/C24H30N2O3/c1-18-10-12-19(13-11-18)23(27)25-14-4-6-20(16-25)24(28)26(21-7-2-3-8-21)17-22-9-5-15-29-22/h5,9-13,15,20-21H,2-4,6-8,14,16-17H2,1H3. The maximum absolute atomic E-state index is 13.5. The summed E-state index contributed by atoms with van der Waals surface area (Å²) in [4.78, 5) is 30.3. The van der Waals surface area contributed by atoms with E-state index in [0.717, 1.165) is 43.6 Å². The SMILES string of the molecule is Cc1ccc(C(=O)N2CCCC(C(=O)N(Cc3ccco3)C3CCCC3)C2)cc1. The highest BCUT2D eigenvalue weighted by Crippen LogP contribution is 2.29. The normalized spacial score (nSPS) is 20.0. The Morgan fingerprint density at radius 1 is 1.07 bits per heavy atom. The molecule has 1 saturated carbocycles. The molecule has 2 aromatic rings. The molecule has 2 fully saturated rings. The van der Waals surface area contributed by atoms with Crippen molar-refractivity contribution in [3.05, 3.63) is 59.5 Å². The first-order valence-corrected chi connectivity index (χ1v) is 10.8. The van der Waals surface area contributed by atoms with Gasteiger partial charge >= 0.3 is 0 Å². The molecule has 2 aliphatic rings. The summed E-state index contributed by atoms with van der Waals surface area (Å²) >= 11 is 0. The van der Waals surface area contributed by atoms with Gasteiger partial charge < -0.3 is 14.2 Å². The second-order valence-electron chi connectivity index (χ2n) is 8.44. The molecule has 0 radical (unpaired) electrons. The molecular weight excluding hydrogens is 364 g/mol. The van der Waals surface area contributed by atoms with Gasteiger partial charge in [-0.25, -0.2) is 0 Å². The predicted molar refractivity (Wildman–Crippen MR) is 111 cm³/mol. The fraction of sp³-hybridized carbons (Fsp3) is 0.500. The third-order valence-electron chi connectivity index (χ3n) is 6.31. The Hall–Kier alpha value is -2.56. The number of piperidine rings is 1. The highest BCUT2D eigenvalue weighted by atomic mass is 16.3. The molecule has 1 aromatic heterocycles. The predicted octanol–water partition coefficient (Wildman–Crippen LogP) is 4.41. The van der Waals surface area contributed by atoms with E-state index in [0.29, 0.717) is 18.7 Å². The fourth-order valence-corrected chi connectivity index (χ4v) is 4.65. The van der Waals surface area contributed by atoms with Gasteiger partial charge in [-0.2, -0.15) is 0 Å². The van der Waals surface area contributed by atoms with Crippen LogP contribution in [0.4, 0.5) is 0 Å². The van der Waals surface area contributed by atoms with E-state index >= 15 is 0 Å². The van der Waals surface area contributed by atoms with Gasteiger partial charge in [-0.3, -0.25) is 9.59 Å². The third kappa shape index (κ3) is 4.55. The minimum atomic E-state index is -0.131. The fourth-order valence-electron chi connectivity index (χ4n) is 4.65. The highest BCUT2D eigenvalue weighted by molar-refractivity contribution is 5.94. The zero-order valence-electron chi connectivity index (χ0n) is 17.2. The summed E-state index contributed by atoms with van der Waals surface area (Å²) in [6, 6.07) is 11.8. The average molecular weight is 395 g/mol. The Morgan fingerprint density at radius 2 is 1.83 bits per heavy atom. The van der Waals surface area contributed by atoms with Gasteiger partial charge in [0, 0.05) is 24.7 Å². The van der Waals surface area contributed by atoms with E-state index in [1.807, 2.05) is 53.1 Å². The molecule has 29 heavy (non-hydrogen) atoms. The smallest absolute Gasteiger partial charge is 0.253 e. The van der Waals surface area contributed by atoms with Crippen LogP contribution >= 0.6 is 0 Å². The first-order valence-electron chi connectivity index (χ1n) is 10.8. The van der Waals surface area contributed by atoms with Crippen molar-refractivity contribution in [3.63, 3.8) is 0 Å². The van der Waals surface area contributed by atoms with Crippen molar-refractivity contribution in [2.45, 2.75) is 58.0 Å². The van der Waals surface area contributed by atoms with Crippen LogP contribution in [0, 0.1) is 12.8 Å². The summed E-state index contributed by atoms with van der Waals surface area (Å²) in [6.45, 7) is 3.77. The van der Waals surface area contributed by atoms with Crippen molar-refractivity contribution < 1.29 is 14.0 Å². The number of aryl methyl sites for hydroxylation is 1. The van der Waals surface area contributed by atoms with Gasteiger partial charge in [-0.1, -0.05) is 30.5 Å². The summed E-state index contributed by atoms with van der Waals surface area (Å²) < 4.78 is 5.53. The topological polar surface area (TPSA) is 53.8 Å². The minimum absolute atomic E-state index is 0.0287. The number of hydrogen-bond acceptors (Lipinski definition) is 3. The van der Waals surface area contributed by atoms with Crippen LogP contribution in [0.3, 0.4) is 0 Å². The van der Waals surface area contributed by atoms with E-state index in [2.05, 4.69) is 0 Å². The third-order valence-corrected chi connectivity index (χ3v) is 6.31. The maximum atomic E-state index is 13.5. The summed E-state index contributed by atoms with van der Waals surface area (Å²) in [5.41, 5.74) is 1.84. The molecule has 5 nitrogen and oxygen atoms in total. The van der Waals surface area contributed by atoms with Crippen molar-refractivity contribution in [1.29, 1.82) is 0 Å². The second kappa shape index (κ2) is 8.85. The quantitative estimate of drug-likeness (QED) is 0.755. The number of amides is 2. The van der Waals surface area contributed by atoms with Crippen molar-refractivity contribution in [2.24, 2.45) is 5.92 Å². The molecule has 1 saturated heterocycles. The Bertz CT molecular complexity index is 822. The molecule has 1 aromatic carbocycles. The van der Waals surface area contributed by atoms with Crippen molar-refractivity contribution >= 4 is 11.8 Å². The number of nitrogens with zero attached hydrogens (tertiary/aromatic N) is 2. The van der Waals surface area contributed by atoms with Gasteiger partial charge in [0.05, 0.1) is 18.7 Å². The lowest BCUT2D eigenvalue weighted by Crippen LogP contribution is -2.48. The number of rotatable bonds is 5. The second-order valence-corrected chi connectivity index (χ2v) is 8.44. The van der Waals surface area contributed by atoms with Gasteiger partial charge in [0.25, 0.3) is 5.91 Å². The number of carbonyl (C=O) groups is 2. The first-order chi connectivity index (χ1) is 14.1. The minimum Gasteiger partial charge on any atom is -0.467 e. The van der Waals surface area contributed by atoms with E-state index in [1.165, 1.54) is 12.8 Å². The van der Waals surface area contributed by atoms with Crippen LogP contribution in [-0.4, -0.2) is 40.7 Å². The van der Waals surface area contributed by atoms with E-state index < -0.39 is 0 Å². The molecule has 1 unspecified atom stereocenters. The maximum Gasteiger partial charge on any atom is 0.253 e. The number of hydrogen-bond donors (Lipinski definition) is 0. The van der Waals surface area contributed by atoms with Gasteiger partial charge in [-0.15, -0.1) is 0 Å². The Morgan fingerprint density at radius 3 is 2.52 bits per heavy atom. The van der Waals surface area contributed by atoms with Gasteiger partial charge in [-0.05, 0) is 56.9 Å². The Balaban J connectivity index is 1.47. The summed E-state index contributed by atoms with van der Waals surface area (Å²) in [7, 11) is 0. The van der Waals surface area contributed by atoms with Crippen LogP contribution in [-0.2, 0) is 11.3 Å². The molecule has 4 rings (SSSR count). The largest absolute Gasteiger partial charge is 0.467 e. The van der Waals surface area contributed by atoms with Crippen LogP contribution < -0.4 is 0 Å². The van der Waals surface area contributed by atoms with Gasteiger partial charge in [0.1, 0.15) is 5.76 Å². The van der Waals surface area contributed by atoms with Crippen molar-refractivity contribution in [2.75, 3.05) is 13.1 Å². The Kier molecular flexibility index (Phi) is 6.02. The van der Waals surface area contributed by atoms with E-state index in [4.69, 9.17) is 4.42 Å². The lowest BCUT2D eigenvalue weighted by Gasteiger charge is -2.37. The molecule has 2 heterocycles. The first kappa shape index (κ1) is 19.7. The molecule has 0 N–H and O–H groups in total. The summed E-state index contributed by atoms with van der Waals surface area (Å²) in [6.07, 6.45) is 7.85. The molecule has 2 amide bonds. The number of carbonyl (C=O) groups excluding carboxylic acids is 2. The van der Waals surface area contributed by atoms with Crippen LogP contribution in [0.15, 0.2) is 47.1 Å². The molecule has 5 heteroatoms. The molecule has 0 spiro atoms. The Labute approximate surface area is 172 Å². The number of likely N-dealkylation sites (tertiary alicyclic amines) is 1. The van der Waals surface area contributed by atoms with E-state index in [9.17, 15) is 9.59 Å². The molecule has 0 bridgehead atoms. The number of benzene rings is 1. The van der Waals surface area contributed by atoms with Crippen molar-refractivity contribution in [1.82, 2.24) is 9.80 Å². The van der Waals surface area contributed by atoms with E-state index in [-0.39, 0.29) is 23.8 Å². The van der Waals surface area contributed by atoms with Crippen LogP contribution in [0.1, 0.15) is 60.2 Å². The zero-order valence-corrected chi connectivity index (χ0v) is 17.2. The van der Waals surface area contributed by atoms with Gasteiger partial charge in [0.15, 0.2) is 0 Å². The summed E-state index contributed by atoms with van der Waals surface area (Å²) in [5, 5.41) is 0.